The molecule has 5 atom stereocenters. The van der Waals surface area contributed by atoms with Crippen molar-refractivity contribution in [1.29, 1.82) is 0 Å². The van der Waals surface area contributed by atoms with Gasteiger partial charge in [0.2, 0.25) is 0 Å². The molecule has 1 aromatic carbocycles. The van der Waals surface area contributed by atoms with Crippen molar-refractivity contribution in [2.75, 3.05) is 13.7 Å². The van der Waals surface area contributed by atoms with Crippen LogP contribution in [0.4, 0.5) is 0 Å². The van der Waals surface area contributed by atoms with E-state index in [1.807, 2.05) is 7.11 Å². The number of piperidine rings is 1. The Kier molecular flexibility index (Phi) is 3.48. The van der Waals surface area contributed by atoms with Crippen molar-refractivity contribution in [2.24, 2.45) is 5.92 Å². The van der Waals surface area contributed by atoms with E-state index in [9.17, 15) is 0 Å². The number of nitrogens with zero attached hydrogens (tertiary/aromatic N) is 1. The van der Waals surface area contributed by atoms with Gasteiger partial charge in [-0.1, -0.05) is 46.3 Å². The van der Waals surface area contributed by atoms with Gasteiger partial charge in [-0.2, -0.15) is 0 Å². The number of alkyl halides is 1. The predicted molar refractivity (Wildman–Crippen MR) is 77.0 cm³/mol. The van der Waals surface area contributed by atoms with E-state index in [4.69, 9.17) is 4.74 Å². The van der Waals surface area contributed by atoms with E-state index < -0.39 is 0 Å². The standard InChI is InChI=1S/C15H20BrNO/c1-10(11-6-4-3-5-7-11)17-9-12-8-13(18-2)15(17)14(12)16/h3-7,10,12-15H,8-9H2,1-2H3/t10-,12+,13-,14+,15+/m0/s1. The summed E-state index contributed by atoms with van der Waals surface area (Å²) in [7, 11) is 1.84. The Morgan fingerprint density at radius 1 is 1.33 bits per heavy atom. The van der Waals surface area contributed by atoms with Crippen molar-refractivity contribution in [2.45, 2.75) is 36.4 Å². The highest BCUT2D eigenvalue weighted by molar-refractivity contribution is 9.09. The molecular formula is C15H20BrNO. The third-order valence-electron chi connectivity index (χ3n) is 4.60. The van der Waals surface area contributed by atoms with Gasteiger partial charge in [0, 0.05) is 30.6 Å². The second-order valence-corrected chi connectivity index (χ2v) is 6.55. The number of fused-ring (bicyclic) bond motifs is 2. The SMILES string of the molecule is CO[C@H]1C[C@@H]2CN([C@@H](C)c3ccccc3)[C@H]1[C@@H]2Br. The number of hydrogen-bond acceptors (Lipinski definition) is 2. The topological polar surface area (TPSA) is 12.5 Å². The van der Waals surface area contributed by atoms with E-state index in [2.05, 4.69) is 58.1 Å². The molecule has 0 spiro atoms. The zero-order valence-corrected chi connectivity index (χ0v) is 12.5. The minimum absolute atomic E-state index is 0.388. The average molecular weight is 310 g/mol. The highest BCUT2D eigenvalue weighted by Crippen LogP contribution is 2.46. The summed E-state index contributed by atoms with van der Waals surface area (Å²) in [6, 6.07) is 11.8. The van der Waals surface area contributed by atoms with Crippen LogP contribution in [0.15, 0.2) is 30.3 Å². The summed E-state index contributed by atoms with van der Waals surface area (Å²) in [6.45, 7) is 3.50. The molecule has 2 fully saturated rings. The Morgan fingerprint density at radius 2 is 2.06 bits per heavy atom. The second-order valence-electron chi connectivity index (χ2n) is 5.49. The van der Waals surface area contributed by atoms with Crippen molar-refractivity contribution in [3.8, 4) is 0 Å². The van der Waals surface area contributed by atoms with Gasteiger partial charge in [0.05, 0.1) is 6.10 Å². The minimum Gasteiger partial charge on any atom is -0.380 e. The van der Waals surface area contributed by atoms with Gasteiger partial charge in [-0.05, 0) is 24.8 Å². The van der Waals surface area contributed by atoms with Crippen LogP contribution in [-0.4, -0.2) is 35.5 Å². The molecule has 2 aliphatic rings. The number of methoxy groups -OCH3 is 1. The van der Waals surface area contributed by atoms with Crippen LogP contribution in [0.1, 0.15) is 24.9 Å². The van der Waals surface area contributed by atoms with Gasteiger partial charge in [0.25, 0.3) is 0 Å². The summed E-state index contributed by atoms with van der Waals surface area (Å²) < 4.78 is 5.66. The quantitative estimate of drug-likeness (QED) is 0.795. The first kappa shape index (κ1) is 12.6. The molecule has 1 aromatic rings. The lowest BCUT2D eigenvalue weighted by Gasteiger charge is -2.37. The Bertz CT molecular complexity index is 410. The summed E-state index contributed by atoms with van der Waals surface area (Å²) in [4.78, 5) is 3.20. The lowest BCUT2D eigenvalue weighted by atomic mass is 10.0. The summed E-state index contributed by atoms with van der Waals surface area (Å²) in [6.07, 6.45) is 1.59. The van der Waals surface area contributed by atoms with Gasteiger partial charge in [0.15, 0.2) is 0 Å². The molecule has 1 aliphatic heterocycles. The molecule has 18 heavy (non-hydrogen) atoms. The molecule has 0 unspecified atom stereocenters. The molecule has 0 radical (unpaired) electrons. The van der Waals surface area contributed by atoms with Crippen molar-refractivity contribution in [1.82, 2.24) is 4.90 Å². The van der Waals surface area contributed by atoms with Crippen molar-refractivity contribution >= 4 is 15.9 Å². The molecule has 1 saturated heterocycles. The first-order valence-electron chi connectivity index (χ1n) is 6.70. The fraction of sp³-hybridized carbons (Fsp3) is 0.600. The number of ether oxygens (including phenoxy) is 1. The molecular weight excluding hydrogens is 290 g/mol. The molecule has 2 bridgehead atoms. The number of benzene rings is 1. The Labute approximate surface area is 117 Å². The first-order valence-corrected chi connectivity index (χ1v) is 7.61. The molecule has 3 heteroatoms. The van der Waals surface area contributed by atoms with E-state index in [0.29, 0.717) is 23.0 Å². The molecule has 1 aliphatic carbocycles. The maximum atomic E-state index is 5.66. The van der Waals surface area contributed by atoms with E-state index in [-0.39, 0.29) is 0 Å². The smallest absolute Gasteiger partial charge is 0.0741 e. The van der Waals surface area contributed by atoms with Crippen LogP contribution in [0, 0.1) is 5.92 Å². The van der Waals surface area contributed by atoms with Gasteiger partial charge in [-0.15, -0.1) is 0 Å². The van der Waals surface area contributed by atoms with Crippen LogP contribution in [0.25, 0.3) is 0 Å². The van der Waals surface area contributed by atoms with E-state index in [0.717, 1.165) is 5.92 Å². The molecule has 1 saturated carbocycles. The second kappa shape index (κ2) is 4.95. The summed E-state index contributed by atoms with van der Waals surface area (Å²) in [5.74, 6) is 0.742. The van der Waals surface area contributed by atoms with Crippen LogP contribution in [-0.2, 0) is 4.74 Å². The van der Waals surface area contributed by atoms with Crippen molar-refractivity contribution in [3.05, 3.63) is 35.9 Å². The minimum atomic E-state index is 0.388. The van der Waals surface area contributed by atoms with Crippen molar-refractivity contribution in [3.63, 3.8) is 0 Å². The van der Waals surface area contributed by atoms with Crippen LogP contribution < -0.4 is 0 Å². The largest absolute Gasteiger partial charge is 0.380 e. The highest BCUT2D eigenvalue weighted by atomic mass is 79.9. The van der Waals surface area contributed by atoms with Gasteiger partial charge in [-0.3, -0.25) is 4.90 Å². The number of likely N-dealkylation sites (tertiary alicyclic amines) is 1. The molecule has 2 nitrogen and oxygen atoms in total. The maximum Gasteiger partial charge on any atom is 0.0741 e. The lowest BCUT2D eigenvalue weighted by Crippen LogP contribution is -2.44. The van der Waals surface area contributed by atoms with Gasteiger partial charge in [-0.25, -0.2) is 0 Å². The zero-order valence-electron chi connectivity index (χ0n) is 10.9. The first-order chi connectivity index (χ1) is 8.72. The summed E-state index contributed by atoms with van der Waals surface area (Å²) in [5, 5.41) is 0. The Hall–Kier alpha value is -0.380. The Morgan fingerprint density at radius 3 is 2.67 bits per heavy atom. The highest BCUT2D eigenvalue weighted by Gasteiger charge is 2.52. The van der Waals surface area contributed by atoms with E-state index >= 15 is 0 Å². The molecule has 0 N–H and O–H groups in total. The van der Waals surface area contributed by atoms with Crippen molar-refractivity contribution < 1.29 is 4.74 Å². The average Bonchev–Trinajstić information content (AvgIpc) is 2.91. The Balaban J connectivity index is 1.82. The van der Waals surface area contributed by atoms with Crippen LogP contribution in [0.5, 0.6) is 0 Å². The third-order valence-corrected chi connectivity index (χ3v) is 5.89. The number of rotatable bonds is 3. The lowest BCUT2D eigenvalue weighted by molar-refractivity contribution is 0.00521. The monoisotopic (exact) mass is 309 g/mol. The fourth-order valence-electron chi connectivity index (χ4n) is 3.59. The van der Waals surface area contributed by atoms with Gasteiger partial charge < -0.3 is 4.74 Å². The fourth-order valence-corrected chi connectivity index (χ4v) is 4.62. The number of halogens is 1. The van der Waals surface area contributed by atoms with Gasteiger partial charge in [0.1, 0.15) is 0 Å². The summed E-state index contributed by atoms with van der Waals surface area (Å²) >= 11 is 3.87. The molecule has 0 aromatic heterocycles. The van der Waals surface area contributed by atoms with Gasteiger partial charge >= 0.3 is 0 Å². The van der Waals surface area contributed by atoms with E-state index in [1.54, 1.807) is 0 Å². The molecule has 98 valence electrons. The zero-order chi connectivity index (χ0) is 12.7. The van der Waals surface area contributed by atoms with Crippen LogP contribution in [0.2, 0.25) is 0 Å². The van der Waals surface area contributed by atoms with Crippen LogP contribution >= 0.6 is 15.9 Å². The normalized spacial score (nSPS) is 37.1. The predicted octanol–water partition coefficient (Wildman–Crippen LogP) is 3.23. The molecule has 1 heterocycles. The third kappa shape index (κ3) is 1.93. The maximum absolute atomic E-state index is 5.66. The number of hydrogen-bond donors (Lipinski definition) is 0. The molecule has 3 rings (SSSR count). The molecule has 0 amide bonds. The van der Waals surface area contributed by atoms with E-state index in [1.165, 1.54) is 18.5 Å². The summed E-state index contributed by atoms with van der Waals surface area (Å²) in [5.41, 5.74) is 1.40. The van der Waals surface area contributed by atoms with Crippen LogP contribution in [0.3, 0.4) is 0 Å².